The predicted octanol–water partition coefficient (Wildman–Crippen LogP) is 3.23. The second-order valence-electron chi connectivity index (χ2n) is 1.78. The van der Waals surface area contributed by atoms with Gasteiger partial charge in [0.1, 0.15) is 0 Å². The quantitative estimate of drug-likeness (QED) is 0.652. The average molecular weight is 211 g/mol. The maximum atomic E-state index is 10.2. The van der Waals surface area contributed by atoms with Crippen molar-refractivity contribution in [3.8, 4) is 0 Å². The molecule has 0 saturated heterocycles. The zero-order chi connectivity index (χ0) is 7.56. The van der Waals surface area contributed by atoms with E-state index in [1.807, 2.05) is 0 Å². The molecule has 0 saturated carbocycles. The molecule has 0 atom stereocenters. The Hall–Kier alpha value is -0.240. The van der Waals surface area contributed by atoms with Gasteiger partial charge in [0.05, 0.1) is 5.02 Å². The van der Waals surface area contributed by atoms with Crippen LogP contribution in [0.4, 0.5) is 0 Å². The first-order valence-corrected chi connectivity index (χ1v) is 3.40. The third kappa shape index (κ3) is 2.70. The van der Waals surface area contributed by atoms with Crippen molar-refractivity contribution in [1.82, 2.24) is 0 Å². The molecule has 1 aromatic rings. The summed E-state index contributed by atoms with van der Waals surface area (Å²) in [7, 11) is 0. The van der Waals surface area contributed by atoms with E-state index in [9.17, 15) is 4.79 Å². The highest BCUT2D eigenvalue weighted by Crippen LogP contribution is 2.18. The summed E-state index contributed by atoms with van der Waals surface area (Å²) in [5.41, 5.74) is 0.464. The van der Waals surface area contributed by atoms with Crippen LogP contribution in [-0.2, 0) is 0 Å². The first-order valence-electron chi connectivity index (χ1n) is 2.64. The van der Waals surface area contributed by atoms with Gasteiger partial charge in [-0.2, -0.15) is 0 Å². The van der Waals surface area contributed by atoms with Gasteiger partial charge in [-0.25, -0.2) is 0 Å². The molecule has 0 fully saturated rings. The molecule has 0 aliphatic rings. The van der Waals surface area contributed by atoms with Gasteiger partial charge in [0.15, 0.2) is 6.29 Å². The fraction of sp³-hybridized carbons (Fsp3) is 0. The molecule has 0 aliphatic carbocycles. The summed E-state index contributed by atoms with van der Waals surface area (Å²) in [6.45, 7) is 0. The second-order valence-corrected chi connectivity index (χ2v) is 2.63. The Morgan fingerprint density at radius 2 is 1.91 bits per heavy atom. The fourth-order valence-corrected chi connectivity index (χ4v) is 1.05. The van der Waals surface area contributed by atoms with Crippen molar-refractivity contribution >= 4 is 41.9 Å². The van der Waals surface area contributed by atoms with E-state index in [0.717, 1.165) is 0 Å². The molecule has 1 nitrogen and oxygen atoms in total. The highest BCUT2D eigenvalue weighted by molar-refractivity contribution is 6.36. The Kier molecular flexibility index (Phi) is 4.50. The zero-order valence-electron chi connectivity index (χ0n) is 5.38. The van der Waals surface area contributed by atoms with Gasteiger partial charge in [0, 0.05) is 10.6 Å². The van der Waals surface area contributed by atoms with Crippen molar-refractivity contribution < 1.29 is 4.79 Å². The summed E-state index contributed by atoms with van der Waals surface area (Å²) in [6, 6.07) is 4.74. The van der Waals surface area contributed by atoms with Crippen LogP contribution in [0.2, 0.25) is 10.0 Å². The number of hydrogen-bond acceptors (Lipinski definition) is 1. The van der Waals surface area contributed by atoms with Gasteiger partial charge >= 0.3 is 0 Å². The summed E-state index contributed by atoms with van der Waals surface area (Å²) < 4.78 is 0. The van der Waals surface area contributed by atoms with E-state index in [-0.39, 0.29) is 12.4 Å². The van der Waals surface area contributed by atoms with E-state index in [0.29, 0.717) is 21.9 Å². The van der Waals surface area contributed by atoms with E-state index in [2.05, 4.69) is 0 Å². The first-order chi connectivity index (χ1) is 4.74. The third-order valence-electron chi connectivity index (χ3n) is 1.09. The van der Waals surface area contributed by atoms with Crippen LogP contribution in [-0.4, -0.2) is 6.29 Å². The number of halogens is 3. The van der Waals surface area contributed by atoms with Gasteiger partial charge < -0.3 is 0 Å². The Balaban J connectivity index is 0.000001000. The van der Waals surface area contributed by atoms with Crippen molar-refractivity contribution in [3.05, 3.63) is 33.8 Å². The number of carbonyl (C=O) groups excluding carboxylic acids is 1. The first kappa shape index (κ1) is 10.8. The molecule has 1 aromatic carbocycles. The summed E-state index contributed by atoms with van der Waals surface area (Å²) in [4.78, 5) is 10.2. The van der Waals surface area contributed by atoms with Crippen molar-refractivity contribution in [2.24, 2.45) is 0 Å². The van der Waals surface area contributed by atoms with E-state index >= 15 is 0 Å². The Labute approximate surface area is 80.7 Å². The van der Waals surface area contributed by atoms with Crippen molar-refractivity contribution in [2.45, 2.75) is 0 Å². The number of aldehydes is 1. The molecule has 11 heavy (non-hydrogen) atoms. The van der Waals surface area contributed by atoms with Crippen LogP contribution >= 0.6 is 35.6 Å². The third-order valence-corrected chi connectivity index (χ3v) is 1.65. The SMILES string of the molecule is Cl.O=Cc1ccc(Cl)cc1Cl. The molecule has 0 aromatic heterocycles. The lowest BCUT2D eigenvalue weighted by Gasteiger charge is -1.93. The Morgan fingerprint density at radius 3 is 2.36 bits per heavy atom. The molecule has 0 amide bonds. The van der Waals surface area contributed by atoms with Crippen LogP contribution in [0.15, 0.2) is 18.2 Å². The molecule has 0 bridgehead atoms. The number of hydrogen-bond donors (Lipinski definition) is 0. The highest BCUT2D eigenvalue weighted by atomic mass is 35.5. The van der Waals surface area contributed by atoms with Crippen molar-refractivity contribution in [3.63, 3.8) is 0 Å². The monoisotopic (exact) mass is 210 g/mol. The summed E-state index contributed by atoms with van der Waals surface area (Å²) >= 11 is 11.2. The molecule has 60 valence electrons. The topological polar surface area (TPSA) is 17.1 Å². The minimum Gasteiger partial charge on any atom is -0.298 e. The van der Waals surface area contributed by atoms with Gasteiger partial charge in [0.2, 0.25) is 0 Å². The predicted molar refractivity (Wildman–Crippen MR) is 49.1 cm³/mol. The molecule has 0 N–H and O–H groups in total. The summed E-state index contributed by atoms with van der Waals surface area (Å²) in [5, 5.41) is 0.929. The van der Waals surface area contributed by atoms with Gasteiger partial charge in [-0.3, -0.25) is 4.79 Å². The number of rotatable bonds is 1. The molecule has 1 rings (SSSR count). The van der Waals surface area contributed by atoms with Gasteiger partial charge in [-0.05, 0) is 18.2 Å². The molecular formula is C7H5Cl3O. The van der Waals surface area contributed by atoms with E-state index < -0.39 is 0 Å². The maximum Gasteiger partial charge on any atom is 0.151 e. The lowest BCUT2D eigenvalue weighted by molar-refractivity contribution is 0.112. The standard InChI is InChI=1S/C7H4Cl2O.ClH/c8-6-2-1-5(4-10)7(9)3-6;/h1-4H;1H. The summed E-state index contributed by atoms with van der Waals surface area (Å²) in [6.07, 6.45) is 0.693. The van der Waals surface area contributed by atoms with E-state index in [1.165, 1.54) is 6.07 Å². The minimum absolute atomic E-state index is 0. The van der Waals surface area contributed by atoms with Gasteiger partial charge in [-0.1, -0.05) is 23.2 Å². The minimum atomic E-state index is 0. The van der Waals surface area contributed by atoms with Crippen LogP contribution in [0, 0.1) is 0 Å². The normalized spacial score (nSPS) is 8.55. The van der Waals surface area contributed by atoms with Crippen LogP contribution < -0.4 is 0 Å². The van der Waals surface area contributed by atoms with Crippen molar-refractivity contribution in [1.29, 1.82) is 0 Å². The molecule has 0 aliphatic heterocycles. The molecule has 0 unspecified atom stereocenters. The fourth-order valence-electron chi connectivity index (χ4n) is 0.597. The van der Waals surface area contributed by atoms with Gasteiger partial charge in [0.25, 0.3) is 0 Å². The van der Waals surface area contributed by atoms with Crippen molar-refractivity contribution in [2.75, 3.05) is 0 Å². The lowest BCUT2D eigenvalue weighted by Crippen LogP contribution is -1.79. The molecule has 4 heteroatoms. The van der Waals surface area contributed by atoms with Crippen LogP contribution in [0.3, 0.4) is 0 Å². The van der Waals surface area contributed by atoms with Crippen LogP contribution in [0.5, 0.6) is 0 Å². The van der Waals surface area contributed by atoms with E-state index in [4.69, 9.17) is 23.2 Å². The number of benzene rings is 1. The second kappa shape index (κ2) is 4.60. The number of carbonyl (C=O) groups is 1. The molecule has 0 spiro atoms. The molecule has 0 radical (unpaired) electrons. The molecule has 0 heterocycles. The average Bonchev–Trinajstić information content (AvgIpc) is 1.88. The molecular weight excluding hydrogens is 206 g/mol. The van der Waals surface area contributed by atoms with Gasteiger partial charge in [-0.15, -0.1) is 12.4 Å². The van der Waals surface area contributed by atoms with Crippen LogP contribution in [0.1, 0.15) is 10.4 Å². The largest absolute Gasteiger partial charge is 0.298 e. The maximum absolute atomic E-state index is 10.2. The Morgan fingerprint density at radius 1 is 1.27 bits per heavy atom. The zero-order valence-corrected chi connectivity index (χ0v) is 7.71. The Bertz CT molecular complexity index is 260. The summed E-state index contributed by atoms with van der Waals surface area (Å²) in [5.74, 6) is 0. The lowest BCUT2D eigenvalue weighted by atomic mass is 10.2. The highest BCUT2D eigenvalue weighted by Gasteiger charge is 1.97. The van der Waals surface area contributed by atoms with Crippen LogP contribution in [0.25, 0.3) is 0 Å². The smallest absolute Gasteiger partial charge is 0.151 e. The van der Waals surface area contributed by atoms with E-state index in [1.54, 1.807) is 12.1 Å².